The van der Waals surface area contributed by atoms with Crippen molar-refractivity contribution in [2.45, 2.75) is 39.3 Å². The summed E-state index contributed by atoms with van der Waals surface area (Å²) in [6, 6.07) is 7.87. The first kappa shape index (κ1) is 29.1. The maximum Gasteiger partial charge on any atom is 0.191 e. The van der Waals surface area contributed by atoms with Crippen molar-refractivity contribution in [1.82, 2.24) is 15.5 Å². The van der Waals surface area contributed by atoms with Gasteiger partial charge in [0.15, 0.2) is 17.5 Å². The molecule has 2 unspecified atom stereocenters. The molecule has 2 atom stereocenters. The number of aliphatic hydroxyl groups is 1. The molecular formula is C24H39IN4O4. The minimum Gasteiger partial charge on any atom is -0.493 e. The Balaban J connectivity index is 0.00000544. The van der Waals surface area contributed by atoms with Crippen LogP contribution in [0, 0.1) is 13.8 Å². The number of guanidine groups is 1. The third kappa shape index (κ3) is 7.79. The summed E-state index contributed by atoms with van der Waals surface area (Å²) in [6.45, 7) is 9.01. The fourth-order valence-corrected chi connectivity index (χ4v) is 3.68. The summed E-state index contributed by atoms with van der Waals surface area (Å²) < 4.78 is 16.4. The zero-order chi connectivity index (χ0) is 23.9. The summed E-state index contributed by atoms with van der Waals surface area (Å²) in [7, 11) is 7.32. The van der Waals surface area contributed by atoms with E-state index in [1.807, 2.05) is 59.1 Å². The number of ether oxygens (including phenoxy) is 2. The molecule has 0 spiro atoms. The third-order valence-electron chi connectivity index (χ3n) is 5.39. The van der Waals surface area contributed by atoms with Crippen LogP contribution in [0.15, 0.2) is 33.7 Å². The smallest absolute Gasteiger partial charge is 0.191 e. The van der Waals surface area contributed by atoms with Crippen molar-refractivity contribution in [3.05, 3.63) is 46.9 Å². The van der Waals surface area contributed by atoms with Gasteiger partial charge in [-0.2, -0.15) is 0 Å². The zero-order valence-electron chi connectivity index (χ0n) is 21.0. The van der Waals surface area contributed by atoms with Gasteiger partial charge in [0.1, 0.15) is 17.1 Å². The quantitative estimate of drug-likeness (QED) is 0.227. The molecule has 0 saturated heterocycles. The fraction of sp³-hybridized carbons (Fsp3) is 0.542. The molecule has 186 valence electrons. The number of rotatable bonds is 10. The van der Waals surface area contributed by atoms with Crippen LogP contribution in [0.3, 0.4) is 0 Å². The first-order chi connectivity index (χ1) is 15.1. The van der Waals surface area contributed by atoms with Crippen LogP contribution in [0.2, 0.25) is 0 Å². The maximum absolute atomic E-state index is 11.0. The molecule has 0 aliphatic heterocycles. The molecule has 0 amide bonds. The second kappa shape index (κ2) is 13.0. The Morgan fingerprint density at radius 1 is 1.15 bits per heavy atom. The lowest BCUT2D eigenvalue weighted by molar-refractivity contribution is 0.0657. The Bertz CT molecular complexity index is 912. The minimum atomic E-state index is -1.13. The van der Waals surface area contributed by atoms with Gasteiger partial charge < -0.3 is 34.5 Å². The molecule has 2 aromatic rings. The number of nitrogens with one attached hydrogen (secondary N) is 2. The van der Waals surface area contributed by atoms with E-state index in [9.17, 15) is 5.11 Å². The Morgan fingerprint density at radius 2 is 1.82 bits per heavy atom. The molecule has 0 aliphatic carbocycles. The molecule has 0 saturated carbocycles. The fourth-order valence-electron chi connectivity index (χ4n) is 3.68. The van der Waals surface area contributed by atoms with E-state index in [2.05, 4.69) is 20.5 Å². The van der Waals surface area contributed by atoms with Crippen LogP contribution in [0.4, 0.5) is 0 Å². The zero-order valence-corrected chi connectivity index (χ0v) is 23.3. The van der Waals surface area contributed by atoms with Gasteiger partial charge >= 0.3 is 0 Å². The van der Waals surface area contributed by atoms with Crippen molar-refractivity contribution in [3.8, 4) is 11.5 Å². The van der Waals surface area contributed by atoms with E-state index in [1.165, 1.54) is 0 Å². The summed E-state index contributed by atoms with van der Waals surface area (Å²) in [5.41, 5.74) is 0.715. The van der Waals surface area contributed by atoms with Crippen LogP contribution in [0.25, 0.3) is 0 Å². The first-order valence-corrected chi connectivity index (χ1v) is 10.8. The topological polar surface area (TPSA) is 91.5 Å². The van der Waals surface area contributed by atoms with Gasteiger partial charge in [0, 0.05) is 18.7 Å². The van der Waals surface area contributed by atoms with Gasteiger partial charge in [-0.3, -0.25) is 0 Å². The van der Waals surface area contributed by atoms with Crippen molar-refractivity contribution in [1.29, 1.82) is 0 Å². The van der Waals surface area contributed by atoms with Crippen molar-refractivity contribution < 1.29 is 19.0 Å². The van der Waals surface area contributed by atoms with E-state index < -0.39 is 5.60 Å². The highest BCUT2D eigenvalue weighted by Gasteiger charge is 2.27. The normalized spacial score (nSPS) is 14.3. The van der Waals surface area contributed by atoms with E-state index in [0.29, 0.717) is 36.3 Å². The molecule has 2 rings (SSSR count). The lowest BCUT2D eigenvalue weighted by Crippen LogP contribution is -2.42. The van der Waals surface area contributed by atoms with Crippen molar-refractivity contribution in [3.63, 3.8) is 0 Å². The molecule has 1 aromatic heterocycles. The van der Waals surface area contributed by atoms with Gasteiger partial charge in [0.2, 0.25) is 0 Å². The first-order valence-electron chi connectivity index (χ1n) is 10.8. The third-order valence-corrected chi connectivity index (χ3v) is 5.39. The number of furan rings is 1. The number of likely N-dealkylation sites (N-methyl/N-ethyl adjacent to an activating group) is 1. The SMILES string of the molecule is CCNC(=NCC(C)(O)c1cc(C)oc1C)NCC(c1ccc(OC)c(OC)c1)N(C)C.I. The molecular weight excluding hydrogens is 535 g/mol. The summed E-state index contributed by atoms with van der Waals surface area (Å²) in [5, 5.41) is 17.6. The lowest BCUT2D eigenvalue weighted by Gasteiger charge is -2.27. The highest BCUT2D eigenvalue weighted by molar-refractivity contribution is 14.0. The van der Waals surface area contributed by atoms with Crippen LogP contribution < -0.4 is 20.1 Å². The van der Waals surface area contributed by atoms with Crippen molar-refractivity contribution in [2.75, 3.05) is 47.9 Å². The van der Waals surface area contributed by atoms with Crippen LogP contribution in [0.5, 0.6) is 11.5 Å². The predicted molar refractivity (Wildman–Crippen MR) is 143 cm³/mol. The number of nitrogens with zero attached hydrogens (tertiary/aromatic N) is 2. The van der Waals surface area contributed by atoms with Crippen molar-refractivity contribution >= 4 is 29.9 Å². The number of methoxy groups -OCH3 is 2. The minimum absolute atomic E-state index is 0. The van der Waals surface area contributed by atoms with E-state index in [1.54, 1.807) is 21.1 Å². The molecule has 0 fully saturated rings. The Labute approximate surface area is 214 Å². The van der Waals surface area contributed by atoms with Gasteiger partial charge in [0.25, 0.3) is 0 Å². The van der Waals surface area contributed by atoms with Gasteiger partial charge in [0.05, 0.1) is 26.8 Å². The second-order valence-electron chi connectivity index (χ2n) is 8.27. The van der Waals surface area contributed by atoms with E-state index in [4.69, 9.17) is 13.9 Å². The maximum atomic E-state index is 11.0. The van der Waals surface area contributed by atoms with E-state index in [0.717, 1.165) is 16.9 Å². The molecule has 0 aliphatic rings. The average molecular weight is 575 g/mol. The van der Waals surface area contributed by atoms with Crippen LogP contribution in [-0.2, 0) is 5.60 Å². The number of benzene rings is 1. The molecule has 1 aromatic carbocycles. The van der Waals surface area contributed by atoms with E-state index >= 15 is 0 Å². The van der Waals surface area contributed by atoms with Crippen LogP contribution >= 0.6 is 24.0 Å². The van der Waals surface area contributed by atoms with Gasteiger partial charge in [-0.15, -0.1) is 24.0 Å². The molecule has 3 N–H and O–H groups in total. The molecule has 33 heavy (non-hydrogen) atoms. The lowest BCUT2D eigenvalue weighted by atomic mass is 9.96. The van der Waals surface area contributed by atoms with Crippen molar-refractivity contribution in [2.24, 2.45) is 4.99 Å². The predicted octanol–water partition coefficient (Wildman–Crippen LogP) is 3.60. The summed E-state index contributed by atoms with van der Waals surface area (Å²) in [4.78, 5) is 6.77. The van der Waals surface area contributed by atoms with Gasteiger partial charge in [-0.05, 0) is 65.6 Å². The standard InChI is InChI=1S/C24H38N4O4.HI/c1-9-25-23(27-15-24(4,29)19-12-16(2)32-17(19)3)26-14-20(28(5)6)18-10-11-21(30-7)22(13-18)31-8;/h10-13,20,29H,9,14-15H2,1-8H3,(H2,25,26,27);1H. The summed E-state index contributed by atoms with van der Waals surface area (Å²) in [6.07, 6.45) is 0. The van der Waals surface area contributed by atoms with Crippen LogP contribution in [-0.4, -0.2) is 63.9 Å². The molecule has 0 radical (unpaired) electrons. The number of halogens is 1. The molecule has 1 heterocycles. The Hall–Kier alpha value is -1.98. The summed E-state index contributed by atoms with van der Waals surface area (Å²) in [5.74, 6) is 3.51. The summed E-state index contributed by atoms with van der Waals surface area (Å²) >= 11 is 0. The highest BCUT2D eigenvalue weighted by Crippen LogP contribution is 2.31. The van der Waals surface area contributed by atoms with E-state index in [-0.39, 0.29) is 36.6 Å². The average Bonchev–Trinajstić information content (AvgIpc) is 3.10. The Kier molecular flexibility index (Phi) is 11.5. The number of aryl methyl sites for hydroxylation is 2. The van der Waals surface area contributed by atoms with Gasteiger partial charge in [-0.25, -0.2) is 4.99 Å². The number of hydrogen-bond acceptors (Lipinski definition) is 6. The Morgan fingerprint density at radius 3 is 2.33 bits per heavy atom. The second-order valence-corrected chi connectivity index (χ2v) is 8.27. The largest absolute Gasteiger partial charge is 0.493 e. The molecule has 8 nitrogen and oxygen atoms in total. The number of aliphatic imine (C=N–C) groups is 1. The van der Waals surface area contributed by atoms with Gasteiger partial charge in [-0.1, -0.05) is 6.07 Å². The monoisotopic (exact) mass is 574 g/mol. The van der Waals surface area contributed by atoms with Crippen LogP contribution in [0.1, 0.15) is 42.5 Å². The molecule has 9 heteroatoms. The molecule has 0 bridgehead atoms. The number of hydrogen-bond donors (Lipinski definition) is 3. The highest BCUT2D eigenvalue weighted by atomic mass is 127.